The summed E-state index contributed by atoms with van der Waals surface area (Å²) in [5.41, 5.74) is 2.05. The number of aryl methyl sites for hydroxylation is 1. The lowest BCUT2D eigenvalue weighted by atomic mass is 10.1. The van der Waals surface area contributed by atoms with Gasteiger partial charge in [0, 0.05) is 30.4 Å². The van der Waals surface area contributed by atoms with Crippen molar-refractivity contribution in [3.05, 3.63) is 29.9 Å². The van der Waals surface area contributed by atoms with Gasteiger partial charge in [0.2, 0.25) is 11.7 Å². The number of hydrogen-bond acceptors (Lipinski definition) is 5. The van der Waals surface area contributed by atoms with Crippen LogP contribution >= 0.6 is 0 Å². The standard InChI is InChI=1S/C16H22N4O/c1-3-7-18-14(12-4-5-12)9-15-19-16(20-21-15)13-10-17-8-6-11(13)2/h6,8,10,12,14,18H,3-5,7,9H2,1-2H3. The molecule has 3 rings (SSSR count). The van der Waals surface area contributed by atoms with E-state index in [-0.39, 0.29) is 0 Å². The zero-order chi connectivity index (χ0) is 14.7. The lowest BCUT2D eigenvalue weighted by molar-refractivity contribution is 0.346. The molecule has 1 saturated carbocycles. The van der Waals surface area contributed by atoms with Crippen LogP contribution in [0.3, 0.4) is 0 Å². The van der Waals surface area contributed by atoms with Crippen molar-refractivity contribution in [2.75, 3.05) is 6.54 Å². The number of nitrogens with one attached hydrogen (secondary N) is 1. The fourth-order valence-electron chi connectivity index (χ4n) is 2.57. The molecule has 112 valence electrons. The topological polar surface area (TPSA) is 63.8 Å². The van der Waals surface area contributed by atoms with Crippen LogP contribution in [0.1, 0.15) is 37.6 Å². The van der Waals surface area contributed by atoms with Gasteiger partial charge in [-0.1, -0.05) is 12.1 Å². The van der Waals surface area contributed by atoms with Crippen LogP contribution < -0.4 is 5.32 Å². The average Bonchev–Trinajstić information content (AvgIpc) is 3.24. The largest absolute Gasteiger partial charge is 0.339 e. The molecule has 0 saturated heterocycles. The Balaban J connectivity index is 1.71. The minimum Gasteiger partial charge on any atom is -0.339 e. The van der Waals surface area contributed by atoms with E-state index in [4.69, 9.17) is 4.52 Å². The van der Waals surface area contributed by atoms with E-state index in [1.54, 1.807) is 12.4 Å². The molecule has 1 unspecified atom stereocenters. The van der Waals surface area contributed by atoms with Crippen LogP contribution in [-0.2, 0) is 6.42 Å². The molecule has 5 nitrogen and oxygen atoms in total. The number of aromatic nitrogens is 3. The molecule has 1 aliphatic rings. The van der Waals surface area contributed by atoms with Crippen LogP contribution in [0, 0.1) is 12.8 Å². The lowest BCUT2D eigenvalue weighted by Gasteiger charge is -2.15. The molecule has 0 amide bonds. The van der Waals surface area contributed by atoms with Crippen LogP contribution in [0.25, 0.3) is 11.4 Å². The smallest absolute Gasteiger partial charge is 0.228 e. The Morgan fingerprint density at radius 3 is 3.00 bits per heavy atom. The predicted molar refractivity (Wildman–Crippen MR) is 80.8 cm³/mol. The van der Waals surface area contributed by atoms with Gasteiger partial charge in [0.15, 0.2) is 0 Å². The molecule has 0 aromatic carbocycles. The van der Waals surface area contributed by atoms with E-state index in [0.717, 1.165) is 36.4 Å². The van der Waals surface area contributed by atoms with Crippen molar-refractivity contribution >= 4 is 0 Å². The summed E-state index contributed by atoms with van der Waals surface area (Å²) in [7, 11) is 0. The van der Waals surface area contributed by atoms with Crippen LogP contribution in [0.5, 0.6) is 0 Å². The van der Waals surface area contributed by atoms with E-state index in [0.29, 0.717) is 17.8 Å². The second-order valence-electron chi connectivity index (χ2n) is 5.80. The zero-order valence-corrected chi connectivity index (χ0v) is 12.7. The van der Waals surface area contributed by atoms with Crippen molar-refractivity contribution in [3.8, 4) is 11.4 Å². The van der Waals surface area contributed by atoms with Gasteiger partial charge in [-0.25, -0.2) is 0 Å². The Bertz CT molecular complexity index is 591. The summed E-state index contributed by atoms with van der Waals surface area (Å²) in [5, 5.41) is 7.71. The highest BCUT2D eigenvalue weighted by Crippen LogP contribution is 2.34. The highest BCUT2D eigenvalue weighted by molar-refractivity contribution is 5.57. The van der Waals surface area contributed by atoms with E-state index in [9.17, 15) is 0 Å². The maximum Gasteiger partial charge on any atom is 0.228 e. The molecular weight excluding hydrogens is 264 g/mol. The molecule has 1 fully saturated rings. The Morgan fingerprint density at radius 1 is 1.43 bits per heavy atom. The first-order valence-electron chi connectivity index (χ1n) is 7.75. The van der Waals surface area contributed by atoms with E-state index in [1.165, 1.54) is 12.8 Å². The SMILES string of the molecule is CCCNC(Cc1nc(-c2cnccc2C)no1)C1CC1. The molecule has 1 atom stereocenters. The Hall–Kier alpha value is -1.75. The molecule has 0 aliphatic heterocycles. The number of nitrogens with zero attached hydrogens (tertiary/aromatic N) is 3. The van der Waals surface area contributed by atoms with Gasteiger partial charge in [-0.05, 0) is 50.3 Å². The van der Waals surface area contributed by atoms with Gasteiger partial charge in [-0.15, -0.1) is 0 Å². The summed E-state index contributed by atoms with van der Waals surface area (Å²) in [4.78, 5) is 8.68. The third kappa shape index (κ3) is 3.47. The first-order valence-corrected chi connectivity index (χ1v) is 7.75. The van der Waals surface area contributed by atoms with Gasteiger partial charge in [0.1, 0.15) is 0 Å². The normalized spacial score (nSPS) is 16.1. The van der Waals surface area contributed by atoms with Crippen LogP contribution in [0.4, 0.5) is 0 Å². The molecule has 21 heavy (non-hydrogen) atoms. The minimum absolute atomic E-state index is 0.466. The number of hydrogen-bond donors (Lipinski definition) is 1. The molecule has 2 aromatic heterocycles. The second kappa shape index (κ2) is 6.35. The van der Waals surface area contributed by atoms with Gasteiger partial charge in [0.25, 0.3) is 0 Å². The van der Waals surface area contributed by atoms with Crippen molar-refractivity contribution in [1.29, 1.82) is 0 Å². The maximum absolute atomic E-state index is 5.43. The second-order valence-corrected chi connectivity index (χ2v) is 5.80. The summed E-state index contributed by atoms with van der Waals surface area (Å²) in [6.07, 6.45) is 8.15. The van der Waals surface area contributed by atoms with Gasteiger partial charge in [-0.3, -0.25) is 4.98 Å². The molecule has 2 heterocycles. The summed E-state index contributed by atoms with van der Waals surface area (Å²) in [5.74, 6) is 2.13. The first kappa shape index (κ1) is 14.2. The molecule has 0 radical (unpaired) electrons. The van der Waals surface area contributed by atoms with Crippen LogP contribution in [0.15, 0.2) is 23.0 Å². The Morgan fingerprint density at radius 2 is 2.29 bits per heavy atom. The summed E-state index contributed by atoms with van der Waals surface area (Å²) < 4.78 is 5.43. The van der Waals surface area contributed by atoms with E-state index < -0.39 is 0 Å². The first-order chi connectivity index (χ1) is 10.3. The zero-order valence-electron chi connectivity index (χ0n) is 12.7. The summed E-state index contributed by atoms with van der Waals surface area (Å²) >= 11 is 0. The minimum atomic E-state index is 0.466. The van der Waals surface area contributed by atoms with Crippen LogP contribution in [-0.4, -0.2) is 27.7 Å². The number of rotatable bonds is 7. The molecule has 1 N–H and O–H groups in total. The predicted octanol–water partition coefficient (Wildman–Crippen LogP) is 2.76. The molecular formula is C16H22N4O. The van der Waals surface area contributed by atoms with Crippen molar-refractivity contribution in [2.24, 2.45) is 5.92 Å². The highest BCUT2D eigenvalue weighted by atomic mass is 16.5. The highest BCUT2D eigenvalue weighted by Gasteiger charge is 2.32. The van der Waals surface area contributed by atoms with Gasteiger partial charge in [-0.2, -0.15) is 4.98 Å². The lowest BCUT2D eigenvalue weighted by Crippen LogP contribution is -2.33. The Labute approximate surface area is 125 Å². The van der Waals surface area contributed by atoms with E-state index in [2.05, 4.69) is 27.4 Å². The fourth-order valence-corrected chi connectivity index (χ4v) is 2.57. The molecule has 0 bridgehead atoms. The van der Waals surface area contributed by atoms with Crippen molar-refractivity contribution < 1.29 is 4.52 Å². The van der Waals surface area contributed by atoms with Gasteiger partial charge >= 0.3 is 0 Å². The summed E-state index contributed by atoms with van der Waals surface area (Å²) in [6, 6.07) is 2.43. The summed E-state index contributed by atoms with van der Waals surface area (Å²) in [6.45, 7) is 5.26. The van der Waals surface area contributed by atoms with E-state index in [1.807, 2.05) is 13.0 Å². The number of pyridine rings is 1. The van der Waals surface area contributed by atoms with Gasteiger partial charge in [0.05, 0.1) is 0 Å². The Kier molecular flexibility index (Phi) is 4.29. The van der Waals surface area contributed by atoms with Gasteiger partial charge < -0.3 is 9.84 Å². The third-order valence-electron chi connectivity index (χ3n) is 3.99. The van der Waals surface area contributed by atoms with Crippen molar-refractivity contribution in [3.63, 3.8) is 0 Å². The maximum atomic E-state index is 5.43. The molecule has 2 aromatic rings. The van der Waals surface area contributed by atoms with Crippen molar-refractivity contribution in [2.45, 2.75) is 45.6 Å². The molecule has 0 spiro atoms. The monoisotopic (exact) mass is 286 g/mol. The molecule has 5 heteroatoms. The third-order valence-corrected chi connectivity index (χ3v) is 3.99. The molecule has 1 aliphatic carbocycles. The van der Waals surface area contributed by atoms with E-state index >= 15 is 0 Å². The quantitative estimate of drug-likeness (QED) is 0.848. The fraction of sp³-hybridized carbons (Fsp3) is 0.562. The average molecular weight is 286 g/mol. The van der Waals surface area contributed by atoms with Crippen LogP contribution in [0.2, 0.25) is 0 Å². The van der Waals surface area contributed by atoms with Crippen molar-refractivity contribution in [1.82, 2.24) is 20.4 Å².